The molecule has 0 fully saturated rings. The highest BCUT2D eigenvalue weighted by molar-refractivity contribution is 7.99. The molecule has 0 unspecified atom stereocenters. The lowest BCUT2D eigenvalue weighted by atomic mass is 10.1. The standard InChI is InChI=1S/C21H23ClN4OS/c1-14-4-5-15(2)19(12-14)26-16(3)24-25-21(26)28-13-20(27)23-11-10-17-6-8-18(22)9-7-17/h4-9,12H,10-11,13H2,1-3H3,(H,23,27). The fourth-order valence-corrected chi connectivity index (χ4v) is 3.80. The molecular formula is C21H23ClN4OS. The van der Waals surface area contributed by atoms with Gasteiger partial charge in [-0.1, -0.05) is 47.6 Å². The van der Waals surface area contributed by atoms with E-state index in [-0.39, 0.29) is 5.91 Å². The van der Waals surface area contributed by atoms with Crippen molar-refractivity contribution in [1.82, 2.24) is 20.1 Å². The molecule has 146 valence electrons. The summed E-state index contributed by atoms with van der Waals surface area (Å²) < 4.78 is 2.01. The number of thioether (sulfide) groups is 1. The molecule has 5 nitrogen and oxygen atoms in total. The van der Waals surface area contributed by atoms with E-state index in [2.05, 4.69) is 47.6 Å². The van der Waals surface area contributed by atoms with E-state index in [1.54, 1.807) is 0 Å². The average Bonchev–Trinajstić information content (AvgIpc) is 3.04. The van der Waals surface area contributed by atoms with Crippen LogP contribution in [0.3, 0.4) is 0 Å². The van der Waals surface area contributed by atoms with Gasteiger partial charge in [0.2, 0.25) is 5.91 Å². The minimum Gasteiger partial charge on any atom is -0.355 e. The molecule has 1 amide bonds. The number of carbonyl (C=O) groups excluding carboxylic acids is 1. The van der Waals surface area contributed by atoms with Crippen LogP contribution in [0.5, 0.6) is 0 Å². The highest BCUT2D eigenvalue weighted by atomic mass is 35.5. The first kappa shape index (κ1) is 20.4. The Kier molecular flexibility index (Phi) is 6.75. The highest BCUT2D eigenvalue weighted by Crippen LogP contribution is 2.24. The molecule has 0 bridgehead atoms. The van der Waals surface area contributed by atoms with Crippen molar-refractivity contribution in [3.05, 3.63) is 70.0 Å². The van der Waals surface area contributed by atoms with E-state index >= 15 is 0 Å². The zero-order chi connectivity index (χ0) is 20.1. The van der Waals surface area contributed by atoms with E-state index in [9.17, 15) is 4.79 Å². The minimum absolute atomic E-state index is 0.0212. The molecule has 0 saturated carbocycles. The van der Waals surface area contributed by atoms with Crippen LogP contribution in [-0.2, 0) is 11.2 Å². The molecule has 0 radical (unpaired) electrons. The van der Waals surface area contributed by atoms with Crippen molar-refractivity contribution in [2.24, 2.45) is 0 Å². The van der Waals surface area contributed by atoms with Crippen LogP contribution in [0.4, 0.5) is 0 Å². The van der Waals surface area contributed by atoms with Gasteiger partial charge in [0.1, 0.15) is 5.82 Å². The zero-order valence-electron chi connectivity index (χ0n) is 16.2. The second kappa shape index (κ2) is 9.26. The number of halogens is 1. The Morgan fingerprint density at radius 3 is 2.61 bits per heavy atom. The van der Waals surface area contributed by atoms with Gasteiger partial charge in [0.15, 0.2) is 5.16 Å². The molecule has 3 aromatic rings. The van der Waals surface area contributed by atoms with Gasteiger partial charge < -0.3 is 5.32 Å². The number of hydrogen-bond acceptors (Lipinski definition) is 4. The van der Waals surface area contributed by atoms with Crippen LogP contribution in [0.25, 0.3) is 5.69 Å². The smallest absolute Gasteiger partial charge is 0.230 e. The number of aryl methyl sites for hydroxylation is 3. The number of amides is 1. The van der Waals surface area contributed by atoms with E-state index in [0.717, 1.165) is 34.2 Å². The molecule has 1 heterocycles. The van der Waals surface area contributed by atoms with Gasteiger partial charge in [-0.05, 0) is 62.1 Å². The second-order valence-electron chi connectivity index (χ2n) is 6.67. The first-order valence-electron chi connectivity index (χ1n) is 9.07. The lowest BCUT2D eigenvalue weighted by Gasteiger charge is -2.12. The Balaban J connectivity index is 1.58. The Bertz CT molecular complexity index is 969. The first-order valence-corrected chi connectivity index (χ1v) is 10.4. The first-order chi connectivity index (χ1) is 13.4. The van der Waals surface area contributed by atoms with Gasteiger partial charge in [0, 0.05) is 11.6 Å². The van der Waals surface area contributed by atoms with Crippen molar-refractivity contribution in [2.75, 3.05) is 12.3 Å². The molecule has 3 rings (SSSR count). The monoisotopic (exact) mass is 414 g/mol. The van der Waals surface area contributed by atoms with E-state index in [4.69, 9.17) is 11.6 Å². The fraction of sp³-hybridized carbons (Fsp3) is 0.286. The number of benzene rings is 2. The molecule has 2 aromatic carbocycles. The van der Waals surface area contributed by atoms with Crippen LogP contribution in [0.2, 0.25) is 5.02 Å². The third-order valence-corrected chi connectivity index (χ3v) is 5.56. The molecule has 0 saturated heterocycles. The normalized spacial score (nSPS) is 10.9. The van der Waals surface area contributed by atoms with Crippen LogP contribution in [0, 0.1) is 20.8 Å². The third-order valence-electron chi connectivity index (χ3n) is 4.38. The summed E-state index contributed by atoms with van der Waals surface area (Å²) in [5, 5.41) is 12.8. The molecule has 7 heteroatoms. The quantitative estimate of drug-likeness (QED) is 0.585. The number of aromatic nitrogens is 3. The van der Waals surface area contributed by atoms with Crippen LogP contribution in [-0.4, -0.2) is 33.0 Å². The summed E-state index contributed by atoms with van der Waals surface area (Å²) in [6.45, 7) is 6.63. The molecule has 0 spiro atoms. The predicted octanol–water partition coefficient (Wildman–Crippen LogP) is 4.30. The molecular weight excluding hydrogens is 392 g/mol. The van der Waals surface area contributed by atoms with E-state index in [0.29, 0.717) is 17.3 Å². The van der Waals surface area contributed by atoms with Crippen LogP contribution in [0.15, 0.2) is 47.6 Å². The van der Waals surface area contributed by atoms with Crippen molar-refractivity contribution < 1.29 is 4.79 Å². The zero-order valence-corrected chi connectivity index (χ0v) is 17.8. The maximum Gasteiger partial charge on any atom is 0.230 e. The highest BCUT2D eigenvalue weighted by Gasteiger charge is 2.15. The van der Waals surface area contributed by atoms with Gasteiger partial charge >= 0.3 is 0 Å². The van der Waals surface area contributed by atoms with E-state index < -0.39 is 0 Å². The molecule has 1 N–H and O–H groups in total. The summed E-state index contributed by atoms with van der Waals surface area (Å²) >= 11 is 7.28. The number of carbonyl (C=O) groups is 1. The lowest BCUT2D eigenvalue weighted by Crippen LogP contribution is -2.27. The van der Waals surface area contributed by atoms with Gasteiger partial charge in [0.05, 0.1) is 11.4 Å². The maximum atomic E-state index is 12.2. The van der Waals surface area contributed by atoms with E-state index in [1.165, 1.54) is 17.3 Å². The average molecular weight is 415 g/mol. The minimum atomic E-state index is -0.0212. The summed E-state index contributed by atoms with van der Waals surface area (Å²) in [6.07, 6.45) is 0.769. The van der Waals surface area contributed by atoms with E-state index in [1.807, 2.05) is 35.8 Å². The van der Waals surface area contributed by atoms with Crippen LogP contribution in [0.1, 0.15) is 22.5 Å². The van der Waals surface area contributed by atoms with Gasteiger partial charge in [-0.2, -0.15) is 0 Å². The Labute approximate surface area is 174 Å². The lowest BCUT2D eigenvalue weighted by molar-refractivity contribution is -0.118. The second-order valence-corrected chi connectivity index (χ2v) is 8.05. The van der Waals surface area contributed by atoms with Gasteiger partial charge in [0.25, 0.3) is 0 Å². The molecule has 0 aliphatic heterocycles. The Morgan fingerprint density at radius 1 is 1.11 bits per heavy atom. The van der Waals surface area contributed by atoms with Crippen molar-refractivity contribution in [3.63, 3.8) is 0 Å². The molecule has 0 atom stereocenters. The fourth-order valence-electron chi connectivity index (χ4n) is 2.85. The number of hydrogen-bond donors (Lipinski definition) is 1. The maximum absolute atomic E-state index is 12.2. The van der Waals surface area contributed by atoms with Gasteiger partial charge in [-0.3, -0.25) is 9.36 Å². The number of nitrogens with zero attached hydrogens (tertiary/aromatic N) is 3. The Hall–Kier alpha value is -2.31. The largest absolute Gasteiger partial charge is 0.355 e. The van der Waals surface area contributed by atoms with Crippen LogP contribution >= 0.6 is 23.4 Å². The summed E-state index contributed by atoms with van der Waals surface area (Å²) in [6, 6.07) is 13.9. The van der Waals surface area contributed by atoms with Crippen molar-refractivity contribution >= 4 is 29.3 Å². The molecule has 0 aliphatic rings. The summed E-state index contributed by atoms with van der Waals surface area (Å²) in [4.78, 5) is 12.2. The molecule has 0 aliphatic carbocycles. The summed E-state index contributed by atoms with van der Waals surface area (Å²) in [7, 11) is 0. The van der Waals surface area contributed by atoms with Gasteiger partial charge in [-0.25, -0.2) is 0 Å². The SMILES string of the molecule is Cc1ccc(C)c(-n2c(C)nnc2SCC(=O)NCCc2ccc(Cl)cc2)c1. The number of nitrogens with one attached hydrogen (secondary N) is 1. The Morgan fingerprint density at radius 2 is 1.86 bits per heavy atom. The van der Waals surface area contributed by atoms with Gasteiger partial charge in [-0.15, -0.1) is 10.2 Å². The van der Waals surface area contributed by atoms with Crippen molar-refractivity contribution in [1.29, 1.82) is 0 Å². The predicted molar refractivity (Wildman–Crippen MR) is 114 cm³/mol. The molecule has 1 aromatic heterocycles. The van der Waals surface area contributed by atoms with Crippen LogP contribution < -0.4 is 5.32 Å². The molecule has 28 heavy (non-hydrogen) atoms. The number of rotatable bonds is 7. The van der Waals surface area contributed by atoms with Crippen molar-refractivity contribution in [3.8, 4) is 5.69 Å². The third kappa shape index (κ3) is 5.14. The topological polar surface area (TPSA) is 59.8 Å². The van der Waals surface area contributed by atoms with Crippen molar-refractivity contribution in [2.45, 2.75) is 32.3 Å². The summed E-state index contributed by atoms with van der Waals surface area (Å²) in [5.41, 5.74) is 4.50. The summed E-state index contributed by atoms with van der Waals surface area (Å²) in [5.74, 6) is 1.08.